The van der Waals surface area contributed by atoms with Gasteiger partial charge in [0.25, 0.3) is 11.8 Å². The fourth-order valence-electron chi connectivity index (χ4n) is 2.42. The number of thiocarbonyl (C=S) groups is 1. The van der Waals surface area contributed by atoms with Crippen LogP contribution in [0.4, 0.5) is 5.69 Å². The molecule has 0 radical (unpaired) electrons. The van der Waals surface area contributed by atoms with Crippen LogP contribution in [0.1, 0.15) is 25.3 Å². The molecular weight excluding hydrogens is 340 g/mol. The van der Waals surface area contributed by atoms with Crippen LogP contribution in [-0.4, -0.2) is 27.6 Å². The van der Waals surface area contributed by atoms with Gasteiger partial charge in [-0.1, -0.05) is 48.9 Å². The first kappa shape index (κ1) is 15.5. The minimum atomic E-state index is -0.284. The number of nitrogens with zero attached hydrogens (tertiary/aromatic N) is 1. The molecule has 22 heavy (non-hydrogen) atoms. The predicted octanol–water partition coefficient (Wildman–Crippen LogP) is 3.66. The molecule has 1 fully saturated rings. The van der Waals surface area contributed by atoms with E-state index in [1.165, 1.54) is 11.8 Å². The number of amides is 2. The van der Waals surface area contributed by atoms with Crippen LogP contribution in [0.25, 0.3) is 5.57 Å². The van der Waals surface area contributed by atoms with Crippen LogP contribution >= 0.6 is 35.6 Å². The van der Waals surface area contributed by atoms with Gasteiger partial charge in [0.2, 0.25) is 0 Å². The van der Waals surface area contributed by atoms with Crippen LogP contribution < -0.4 is 5.32 Å². The molecule has 0 unspecified atom stereocenters. The average Bonchev–Trinajstić information content (AvgIpc) is 2.93. The lowest BCUT2D eigenvalue weighted by Crippen LogP contribution is -2.29. The monoisotopic (exact) mass is 352 g/mol. The van der Waals surface area contributed by atoms with Crippen molar-refractivity contribution in [3.05, 3.63) is 33.7 Å². The summed E-state index contributed by atoms with van der Waals surface area (Å²) in [5.74, 6) is -0.477. The van der Waals surface area contributed by atoms with E-state index in [1.54, 1.807) is 23.1 Å². The Morgan fingerprint density at radius 1 is 1.36 bits per heavy atom. The Bertz CT molecular complexity index is 730. The van der Waals surface area contributed by atoms with E-state index in [9.17, 15) is 9.59 Å². The molecule has 0 atom stereocenters. The number of carbonyl (C=O) groups excluding carboxylic acids is 2. The summed E-state index contributed by atoms with van der Waals surface area (Å²) in [5.41, 5.74) is 1.70. The van der Waals surface area contributed by atoms with Gasteiger partial charge in [-0.2, -0.15) is 0 Å². The van der Waals surface area contributed by atoms with Crippen LogP contribution in [-0.2, 0) is 9.59 Å². The van der Waals surface area contributed by atoms with Gasteiger partial charge in [0, 0.05) is 22.8 Å². The van der Waals surface area contributed by atoms with Crippen molar-refractivity contribution < 1.29 is 9.59 Å². The fraction of sp³-hybridized carbons (Fsp3) is 0.267. The van der Waals surface area contributed by atoms with Crippen molar-refractivity contribution in [2.24, 2.45) is 0 Å². The highest BCUT2D eigenvalue weighted by molar-refractivity contribution is 8.26. The minimum absolute atomic E-state index is 0.193. The molecule has 0 bridgehead atoms. The summed E-state index contributed by atoms with van der Waals surface area (Å²) in [6.45, 7) is 2.64. The number of rotatable bonds is 3. The number of nitrogens with one attached hydrogen (secondary N) is 1. The highest BCUT2D eigenvalue weighted by Crippen LogP contribution is 2.42. The van der Waals surface area contributed by atoms with Gasteiger partial charge in [-0.05, 0) is 24.6 Å². The summed E-state index contributed by atoms with van der Waals surface area (Å²) in [6, 6.07) is 5.14. The highest BCUT2D eigenvalue weighted by atomic mass is 35.5. The van der Waals surface area contributed by atoms with E-state index in [2.05, 4.69) is 12.2 Å². The summed E-state index contributed by atoms with van der Waals surface area (Å²) in [7, 11) is 0. The summed E-state index contributed by atoms with van der Waals surface area (Å²) in [4.78, 5) is 26.8. The Hall–Kier alpha value is -1.37. The first-order chi connectivity index (χ1) is 10.5. The second-order valence-corrected chi connectivity index (χ2v) is 7.11. The second kappa shape index (κ2) is 6.02. The standard InChI is InChI=1S/C15H13ClN2O2S2/c1-2-3-6-18-14(20)12(22-15(18)21)11-9-7-8(16)4-5-10(9)17-13(11)19/h4-5,7H,2-3,6H2,1H3,(H,17,19)/b12-11-. The quantitative estimate of drug-likeness (QED) is 0.666. The zero-order chi connectivity index (χ0) is 15.9. The van der Waals surface area contributed by atoms with Crippen molar-refractivity contribution in [2.75, 3.05) is 11.9 Å². The summed E-state index contributed by atoms with van der Waals surface area (Å²) >= 11 is 12.5. The van der Waals surface area contributed by atoms with Crippen LogP contribution in [0.3, 0.4) is 0 Å². The maximum absolute atomic E-state index is 12.6. The Kier molecular flexibility index (Phi) is 4.25. The second-order valence-electron chi connectivity index (χ2n) is 5.03. The predicted molar refractivity (Wildman–Crippen MR) is 93.8 cm³/mol. The number of halogens is 1. The first-order valence-electron chi connectivity index (χ1n) is 6.92. The van der Waals surface area contributed by atoms with Gasteiger partial charge in [0.15, 0.2) is 0 Å². The van der Waals surface area contributed by atoms with E-state index < -0.39 is 0 Å². The Morgan fingerprint density at radius 3 is 2.86 bits per heavy atom. The van der Waals surface area contributed by atoms with E-state index in [0.29, 0.717) is 37.6 Å². The molecule has 0 aliphatic carbocycles. The van der Waals surface area contributed by atoms with Gasteiger partial charge in [-0.15, -0.1) is 0 Å². The van der Waals surface area contributed by atoms with Crippen molar-refractivity contribution in [1.82, 2.24) is 4.90 Å². The molecule has 1 aromatic rings. The van der Waals surface area contributed by atoms with Crippen molar-refractivity contribution in [3.8, 4) is 0 Å². The molecule has 2 heterocycles. The van der Waals surface area contributed by atoms with Crippen LogP contribution in [0.5, 0.6) is 0 Å². The van der Waals surface area contributed by atoms with Gasteiger partial charge in [0.1, 0.15) is 4.32 Å². The van der Waals surface area contributed by atoms with Gasteiger partial charge in [-0.3, -0.25) is 14.5 Å². The number of unbranched alkanes of at least 4 members (excludes halogenated alkanes) is 1. The van der Waals surface area contributed by atoms with Crippen LogP contribution in [0.2, 0.25) is 5.02 Å². The van der Waals surface area contributed by atoms with Crippen molar-refractivity contribution in [3.63, 3.8) is 0 Å². The molecule has 4 nitrogen and oxygen atoms in total. The largest absolute Gasteiger partial charge is 0.321 e. The normalized spacial score (nSPS) is 20.6. The number of benzene rings is 1. The third-order valence-corrected chi connectivity index (χ3v) is 5.22. The average molecular weight is 353 g/mol. The Morgan fingerprint density at radius 2 is 2.14 bits per heavy atom. The van der Waals surface area contributed by atoms with E-state index in [-0.39, 0.29) is 11.8 Å². The van der Waals surface area contributed by atoms with Crippen LogP contribution in [0, 0.1) is 0 Å². The van der Waals surface area contributed by atoms with Crippen molar-refractivity contribution in [1.29, 1.82) is 0 Å². The van der Waals surface area contributed by atoms with E-state index in [0.717, 1.165) is 12.8 Å². The molecule has 1 saturated heterocycles. The smallest absolute Gasteiger partial charge is 0.267 e. The zero-order valence-corrected chi connectivity index (χ0v) is 14.2. The van der Waals surface area contributed by atoms with Crippen molar-refractivity contribution >= 4 is 63.0 Å². The van der Waals surface area contributed by atoms with Crippen molar-refractivity contribution in [2.45, 2.75) is 19.8 Å². The fourth-order valence-corrected chi connectivity index (χ4v) is 3.98. The number of anilines is 1. The van der Waals surface area contributed by atoms with E-state index >= 15 is 0 Å². The number of hydrogen-bond donors (Lipinski definition) is 1. The number of thioether (sulfide) groups is 1. The maximum Gasteiger partial charge on any atom is 0.267 e. The third kappa shape index (κ3) is 2.55. The number of carbonyl (C=O) groups is 2. The first-order valence-corrected chi connectivity index (χ1v) is 8.52. The molecule has 2 aliphatic heterocycles. The maximum atomic E-state index is 12.6. The molecule has 7 heteroatoms. The van der Waals surface area contributed by atoms with Crippen LogP contribution in [0.15, 0.2) is 23.1 Å². The Balaban J connectivity index is 2.05. The van der Waals surface area contributed by atoms with E-state index in [1.807, 2.05) is 0 Å². The minimum Gasteiger partial charge on any atom is -0.321 e. The zero-order valence-electron chi connectivity index (χ0n) is 11.8. The summed E-state index contributed by atoms with van der Waals surface area (Å²) in [6.07, 6.45) is 1.85. The van der Waals surface area contributed by atoms with Gasteiger partial charge in [-0.25, -0.2) is 0 Å². The lowest BCUT2D eigenvalue weighted by molar-refractivity contribution is -0.122. The number of hydrogen-bond acceptors (Lipinski definition) is 4. The number of fused-ring (bicyclic) bond motifs is 1. The molecule has 114 valence electrons. The molecule has 0 saturated carbocycles. The third-order valence-electron chi connectivity index (χ3n) is 3.54. The molecule has 2 aliphatic rings. The Labute approximate surface area is 142 Å². The van der Waals surface area contributed by atoms with Gasteiger partial charge >= 0.3 is 0 Å². The highest BCUT2D eigenvalue weighted by Gasteiger charge is 2.38. The molecule has 1 aromatic carbocycles. The SMILES string of the molecule is CCCCN1C(=O)/C(=C2/C(=O)Nc3ccc(Cl)cc32)SC1=S. The molecule has 0 aromatic heterocycles. The summed E-state index contributed by atoms with van der Waals surface area (Å²) in [5, 5.41) is 3.28. The molecule has 3 rings (SSSR count). The molecule has 1 N–H and O–H groups in total. The lowest BCUT2D eigenvalue weighted by atomic mass is 10.1. The molecule has 2 amide bonds. The summed E-state index contributed by atoms with van der Waals surface area (Å²) < 4.78 is 0.504. The molecule has 0 spiro atoms. The lowest BCUT2D eigenvalue weighted by Gasteiger charge is -2.13. The van der Waals surface area contributed by atoms with Gasteiger partial charge in [0.05, 0.1) is 10.5 Å². The topological polar surface area (TPSA) is 49.4 Å². The van der Waals surface area contributed by atoms with E-state index in [4.69, 9.17) is 23.8 Å². The molecular formula is C15H13ClN2O2S2. The van der Waals surface area contributed by atoms with Gasteiger partial charge < -0.3 is 5.32 Å².